The largest absolute Gasteiger partial charge is 0.492 e. The number of fused-ring (bicyclic) bond motifs is 1. The molecule has 0 spiro atoms. The Labute approximate surface area is 170 Å². The van der Waals surface area contributed by atoms with Gasteiger partial charge in [0.2, 0.25) is 5.43 Å². The van der Waals surface area contributed by atoms with Crippen molar-refractivity contribution in [2.24, 2.45) is 5.92 Å². The molecule has 5 heteroatoms. The quantitative estimate of drug-likeness (QED) is 0.502. The van der Waals surface area contributed by atoms with E-state index >= 15 is 0 Å². The van der Waals surface area contributed by atoms with E-state index in [0.717, 1.165) is 5.56 Å². The molecule has 0 saturated heterocycles. The molecule has 29 heavy (non-hydrogen) atoms. The zero-order valence-corrected chi connectivity index (χ0v) is 16.7. The van der Waals surface area contributed by atoms with Crippen molar-refractivity contribution in [2.45, 2.75) is 32.1 Å². The van der Waals surface area contributed by atoms with Gasteiger partial charge in [0.05, 0.1) is 12.2 Å². The SMILES string of the molecule is COCOc1ccc(-c2coc3cccc(OCC4CCCCC4)c3c2=O)cc1. The summed E-state index contributed by atoms with van der Waals surface area (Å²) in [5.41, 5.74) is 1.73. The number of rotatable bonds is 7. The minimum atomic E-state index is -0.0870. The fourth-order valence-electron chi connectivity index (χ4n) is 3.88. The maximum absolute atomic E-state index is 13.3. The van der Waals surface area contributed by atoms with Crippen LogP contribution in [0.4, 0.5) is 0 Å². The summed E-state index contributed by atoms with van der Waals surface area (Å²) in [7, 11) is 1.57. The maximum Gasteiger partial charge on any atom is 0.204 e. The molecule has 3 aromatic rings. The summed E-state index contributed by atoms with van der Waals surface area (Å²) in [5, 5.41) is 0.500. The first-order valence-electron chi connectivity index (χ1n) is 10.2. The number of methoxy groups -OCH3 is 1. The molecule has 0 unspecified atom stereocenters. The summed E-state index contributed by atoms with van der Waals surface area (Å²) in [6.07, 6.45) is 7.75. The van der Waals surface area contributed by atoms with Crippen LogP contribution in [0.25, 0.3) is 22.1 Å². The van der Waals surface area contributed by atoms with E-state index in [0.29, 0.717) is 40.6 Å². The molecule has 0 bridgehead atoms. The average molecular weight is 394 g/mol. The van der Waals surface area contributed by atoms with Crippen molar-refractivity contribution in [1.82, 2.24) is 0 Å². The van der Waals surface area contributed by atoms with Gasteiger partial charge >= 0.3 is 0 Å². The van der Waals surface area contributed by atoms with Gasteiger partial charge in [0.1, 0.15) is 28.7 Å². The van der Waals surface area contributed by atoms with Crippen LogP contribution in [0.2, 0.25) is 0 Å². The van der Waals surface area contributed by atoms with Crippen molar-refractivity contribution < 1.29 is 18.6 Å². The Morgan fingerprint density at radius 1 is 1.00 bits per heavy atom. The van der Waals surface area contributed by atoms with E-state index in [2.05, 4.69) is 0 Å². The van der Waals surface area contributed by atoms with Crippen LogP contribution in [0.1, 0.15) is 32.1 Å². The van der Waals surface area contributed by atoms with Gasteiger partial charge in [-0.3, -0.25) is 4.79 Å². The maximum atomic E-state index is 13.3. The number of hydrogen-bond acceptors (Lipinski definition) is 5. The summed E-state index contributed by atoms with van der Waals surface area (Å²) in [4.78, 5) is 13.3. The van der Waals surface area contributed by atoms with Crippen LogP contribution < -0.4 is 14.9 Å². The van der Waals surface area contributed by atoms with Gasteiger partial charge in [-0.15, -0.1) is 0 Å². The standard InChI is InChI=1S/C24H26O5/c1-26-16-29-19-12-10-18(11-13-19)20-15-28-22-9-5-8-21(23(22)24(20)25)27-14-17-6-3-2-4-7-17/h5,8-13,15,17H,2-4,6-7,14,16H2,1H3. The molecule has 1 aromatic heterocycles. The molecule has 152 valence electrons. The highest BCUT2D eigenvalue weighted by atomic mass is 16.7. The van der Waals surface area contributed by atoms with E-state index in [1.54, 1.807) is 13.2 Å². The average Bonchev–Trinajstić information content (AvgIpc) is 2.77. The van der Waals surface area contributed by atoms with Gasteiger partial charge in [-0.05, 0) is 48.6 Å². The van der Waals surface area contributed by atoms with Crippen molar-refractivity contribution in [1.29, 1.82) is 0 Å². The summed E-state index contributed by atoms with van der Waals surface area (Å²) < 4.78 is 22.2. The van der Waals surface area contributed by atoms with Gasteiger partial charge in [0.15, 0.2) is 6.79 Å². The van der Waals surface area contributed by atoms with Crippen molar-refractivity contribution in [3.05, 3.63) is 59.0 Å². The predicted molar refractivity (Wildman–Crippen MR) is 112 cm³/mol. The zero-order valence-electron chi connectivity index (χ0n) is 16.7. The van der Waals surface area contributed by atoms with Gasteiger partial charge in [0.25, 0.3) is 0 Å². The van der Waals surface area contributed by atoms with Gasteiger partial charge in [-0.25, -0.2) is 0 Å². The van der Waals surface area contributed by atoms with Gasteiger partial charge in [0, 0.05) is 7.11 Å². The lowest BCUT2D eigenvalue weighted by Gasteiger charge is -2.22. The van der Waals surface area contributed by atoms with Crippen LogP contribution in [-0.4, -0.2) is 20.5 Å². The van der Waals surface area contributed by atoms with Gasteiger partial charge in [-0.1, -0.05) is 37.5 Å². The summed E-state index contributed by atoms with van der Waals surface area (Å²) in [5.74, 6) is 1.84. The first-order valence-corrected chi connectivity index (χ1v) is 10.2. The lowest BCUT2D eigenvalue weighted by molar-refractivity contribution is 0.0511. The molecule has 0 atom stereocenters. The third kappa shape index (κ3) is 4.46. The minimum Gasteiger partial charge on any atom is -0.492 e. The topological polar surface area (TPSA) is 57.9 Å². The third-order valence-electron chi connectivity index (χ3n) is 5.47. The molecule has 1 heterocycles. The van der Waals surface area contributed by atoms with Crippen LogP contribution in [0.15, 0.2) is 57.9 Å². The second-order valence-electron chi connectivity index (χ2n) is 7.50. The lowest BCUT2D eigenvalue weighted by atomic mass is 9.90. The Hall–Kier alpha value is -2.79. The Morgan fingerprint density at radius 2 is 1.79 bits per heavy atom. The van der Waals surface area contributed by atoms with Crippen LogP contribution in [0, 0.1) is 5.92 Å². The molecule has 1 fully saturated rings. The van der Waals surface area contributed by atoms with E-state index in [9.17, 15) is 4.79 Å². The summed E-state index contributed by atoms with van der Waals surface area (Å²) in [6, 6.07) is 12.8. The van der Waals surface area contributed by atoms with Crippen LogP contribution in [0.3, 0.4) is 0 Å². The normalized spacial score (nSPS) is 14.8. The van der Waals surface area contributed by atoms with Crippen molar-refractivity contribution >= 4 is 11.0 Å². The number of benzene rings is 2. The number of hydrogen-bond donors (Lipinski definition) is 0. The van der Waals surface area contributed by atoms with Gasteiger partial charge < -0.3 is 18.6 Å². The van der Waals surface area contributed by atoms with E-state index in [1.807, 2.05) is 36.4 Å². The smallest absolute Gasteiger partial charge is 0.204 e. The van der Waals surface area contributed by atoms with E-state index in [4.69, 9.17) is 18.6 Å². The Morgan fingerprint density at radius 3 is 2.55 bits per heavy atom. The molecule has 0 aliphatic heterocycles. The van der Waals surface area contributed by atoms with Crippen LogP contribution in [-0.2, 0) is 4.74 Å². The highest BCUT2D eigenvalue weighted by Gasteiger charge is 2.17. The zero-order chi connectivity index (χ0) is 20.1. The monoisotopic (exact) mass is 394 g/mol. The van der Waals surface area contributed by atoms with Crippen LogP contribution >= 0.6 is 0 Å². The molecule has 0 N–H and O–H groups in total. The third-order valence-corrected chi connectivity index (χ3v) is 5.47. The Kier molecular flexibility index (Phi) is 6.15. The van der Waals surface area contributed by atoms with Crippen molar-refractivity contribution in [2.75, 3.05) is 20.5 Å². The van der Waals surface area contributed by atoms with E-state index in [1.165, 1.54) is 38.4 Å². The highest BCUT2D eigenvalue weighted by molar-refractivity contribution is 5.87. The van der Waals surface area contributed by atoms with E-state index < -0.39 is 0 Å². The van der Waals surface area contributed by atoms with Crippen molar-refractivity contribution in [3.63, 3.8) is 0 Å². The first-order chi connectivity index (χ1) is 14.3. The Bertz CT molecular complexity index is 1000. The molecular formula is C24H26O5. The molecule has 4 rings (SSSR count). The summed E-state index contributed by atoms with van der Waals surface area (Å²) in [6.45, 7) is 0.827. The minimum absolute atomic E-state index is 0.0870. The molecule has 1 saturated carbocycles. The van der Waals surface area contributed by atoms with E-state index in [-0.39, 0.29) is 12.2 Å². The molecule has 1 aliphatic carbocycles. The molecule has 0 radical (unpaired) electrons. The second-order valence-corrected chi connectivity index (χ2v) is 7.50. The number of ether oxygens (including phenoxy) is 3. The molecular weight excluding hydrogens is 368 g/mol. The fourth-order valence-corrected chi connectivity index (χ4v) is 3.88. The fraction of sp³-hybridized carbons (Fsp3) is 0.375. The molecule has 0 amide bonds. The highest BCUT2D eigenvalue weighted by Crippen LogP contribution is 2.29. The Balaban J connectivity index is 1.62. The predicted octanol–water partition coefficient (Wildman–Crippen LogP) is 5.40. The molecule has 2 aromatic carbocycles. The first kappa shape index (κ1) is 19.5. The van der Waals surface area contributed by atoms with Gasteiger partial charge in [-0.2, -0.15) is 0 Å². The molecule has 5 nitrogen and oxygen atoms in total. The summed E-state index contributed by atoms with van der Waals surface area (Å²) >= 11 is 0. The lowest BCUT2D eigenvalue weighted by Crippen LogP contribution is -2.16. The second kappa shape index (κ2) is 9.14. The van der Waals surface area contributed by atoms with Crippen LogP contribution in [0.5, 0.6) is 11.5 Å². The van der Waals surface area contributed by atoms with Crippen molar-refractivity contribution in [3.8, 4) is 22.6 Å². The molecule has 1 aliphatic rings.